The molecule has 0 N–H and O–H groups in total. The quantitative estimate of drug-likeness (QED) is 0.179. The van der Waals surface area contributed by atoms with Crippen molar-refractivity contribution in [3.05, 3.63) is 200 Å². The Morgan fingerprint density at radius 2 is 0.820 bits per heavy atom. The lowest BCUT2D eigenvalue weighted by molar-refractivity contribution is 0.488. The zero-order valence-electron chi connectivity index (χ0n) is 27.4. The fourth-order valence-electron chi connectivity index (χ4n) is 7.13. The lowest BCUT2D eigenvalue weighted by Gasteiger charge is -2.30. The highest BCUT2D eigenvalue weighted by Gasteiger charge is 2.27. The van der Waals surface area contributed by atoms with Gasteiger partial charge in [0, 0.05) is 22.4 Å². The molecule has 0 amide bonds. The van der Waals surface area contributed by atoms with Crippen LogP contribution in [0, 0.1) is 0 Å². The van der Waals surface area contributed by atoms with Gasteiger partial charge in [-0.25, -0.2) is 0 Å². The molecule has 0 aliphatic carbocycles. The Balaban J connectivity index is 1.27. The molecular formula is C48H33NO. The summed E-state index contributed by atoms with van der Waals surface area (Å²) in [6.45, 7) is 0. The second-order valence-corrected chi connectivity index (χ2v) is 12.5. The number of para-hydroxylation sites is 1. The third-order valence-electron chi connectivity index (χ3n) is 9.50. The fraction of sp³-hybridized carbons (Fsp3) is 0. The Morgan fingerprint density at radius 3 is 1.52 bits per heavy atom. The van der Waals surface area contributed by atoms with Gasteiger partial charge in [-0.05, 0) is 81.4 Å². The molecule has 0 unspecified atom stereocenters. The molecule has 2 nitrogen and oxygen atoms in total. The predicted molar refractivity (Wildman–Crippen MR) is 208 cm³/mol. The number of hydrogen-bond donors (Lipinski definition) is 0. The van der Waals surface area contributed by atoms with E-state index in [1.165, 1.54) is 16.7 Å². The topological polar surface area (TPSA) is 12.5 Å². The minimum atomic E-state index is 0.823. The lowest BCUT2D eigenvalue weighted by Crippen LogP contribution is -2.12. The summed E-state index contributed by atoms with van der Waals surface area (Å²) < 4.78 is 6.90. The van der Waals surface area contributed by atoms with Gasteiger partial charge >= 0.3 is 0 Å². The zero-order chi connectivity index (χ0) is 33.3. The molecule has 1 aliphatic heterocycles. The Hall–Kier alpha value is -6.64. The fourth-order valence-corrected chi connectivity index (χ4v) is 7.13. The van der Waals surface area contributed by atoms with E-state index in [0.717, 1.165) is 67.5 Å². The molecule has 0 aromatic heterocycles. The van der Waals surface area contributed by atoms with Crippen molar-refractivity contribution in [2.24, 2.45) is 0 Å². The second-order valence-electron chi connectivity index (χ2n) is 12.5. The molecule has 0 bridgehead atoms. The molecule has 2 heteroatoms. The van der Waals surface area contributed by atoms with E-state index in [-0.39, 0.29) is 0 Å². The summed E-state index contributed by atoms with van der Waals surface area (Å²) in [5.74, 6) is 1.67. The molecule has 0 fully saturated rings. The Bertz CT molecular complexity index is 2430. The van der Waals surface area contributed by atoms with Gasteiger partial charge in [0.25, 0.3) is 0 Å². The van der Waals surface area contributed by atoms with Gasteiger partial charge in [0.2, 0.25) is 0 Å². The zero-order valence-corrected chi connectivity index (χ0v) is 27.4. The van der Waals surface area contributed by atoms with E-state index in [9.17, 15) is 0 Å². The molecule has 236 valence electrons. The molecule has 0 saturated heterocycles. The van der Waals surface area contributed by atoms with Crippen LogP contribution in [0.4, 0.5) is 17.1 Å². The van der Waals surface area contributed by atoms with Gasteiger partial charge in [-0.3, -0.25) is 0 Å². The maximum absolute atomic E-state index is 6.90. The van der Waals surface area contributed by atoms with Crippen molar-refractivity contribution in [3.63, 3.8) is 0 Å². The summed E-state index contributed by atoms with van der Waals surface area (Å²) in [5, 5.41) is 0. The Morgan fingerprint density at radius 1 is 0.300 bits per heavy atom. The number of ether oxygens (including phenoxy) is 1. The highest BCUT2D eigenvalue weighted by Crippen LogP contribution is 2.53. The number of nitrogens with zero attached hydrogens (tertiary/aromatic N) is 1. The van der Waals surface area contributed by atoms with E-state index >= 15 is 0 Å². The van der Waals surface area contributed by atoms with Gasteiger partial charge in [-0.1, -0.05) is 158 Å². The van der Waals surface area contributed by atoms with Crippen molar-refractivity contribution < 1.29 is 4.74 Å². The average molecular weight is 640 g/mol. The summed E-state index contributed by atoms with van der Waals surface area (Å²) >= 11 is 0. The van der Waals surface area contributed by atoms with Crippen LogP contribution in [0.1, 0.15) is 0 Å². The number of anilines is 3. The van der Waals surface area contributed by atoms with E-state index in [0.29, 0.717) is 0 Å². The van der Waals surface area contributed by atoms with E-state index in [1.54, 1.807) is 0 Å². The van der Waals surface area contributed by atoms with Crippen LogP contribution in [-0.2, 0) is 0 Å². The van der Waals surface area contributed by atoms with E-state index in [1.807, 2.05) is 0 Å². The molecule has 1 aliphatic rings. The van der Waals surface area contributed by atoms with Crippen LogP contribution in [0.2, 0.25) is 0 Å². The van der Waals surface area contributed by atoms with E-state index < -0.39 is 0 Å². The average Bonchev–Trinajstić information content (AvgIpc) is 3.34. The summed E-state index contributed by atoms with van der Waals surface area (Å²) in [7, 11) is 0. The van der Waals surface area contributed by atoms with Crippen LogP contribution >= 0.6 is 0 Å². The molecule has 8 aromatic carbocycles. The molecule has 9 rings (SSSR count). The first-order valence-electron chi connectivity index (χ1n) is 17.0. The predicted octanol–water partition coefficient (Wildman–Crippen LogP) is 13.6. The molecule has 0 spiro atoms. The largest absolute Gasteiger partial charge is 0.456 e. The molecule has 0 radical (unpaired) electrons. The lowest BCUT2D eigenvalue weighted by atomic mass is 9.91. The van der Waals surface area contributed by atoms with Gasteiger partial charge in [-0.2, -0.15) is 0 Å². The van der Waals surface area contributed by atoms with Crippen LogP contribution in [0.5, 0.6) is 11.5 Å². The minimum absolute atomic E-state index is 0.823. The molecule has 0 atom stereocenters. The summed E-state index contributed by atoms with van der Waals surface area (Å²) in [4.78, 5) is 2.39. The molecule has 50 heavy (non-hydrogen) atoms. The van der Waals surface area contributed by atoms with Crippen molar-refractivity contribution >= 4 is 17.1 Å². The standard InChI is InChI=1S/C48H33NO/c1-4-15-34(16-5-1)36-27-30-39(31-28-36)49(44-24-13-12-21-40(44)37-19-8-3-9-20-37)45-25-14-26-47-48(45)42-23-11-10-22-41(42)43-33-38(29-32-46(43)50-47)35-17-6-2-7-18-35/h1-33H. The van der Waals surface area contributed by atoms with Crippen molar-refractivity contribution in [1.29, 1.82) is 0 Å². The van der Waals surface area contributed by atoms with Crippen LogP contribution in [0.15, 0.2) is 200 Å². The van der Waals surface area contributed by atoms with Crippen molar-refractivity contribution in [1.82, 2.24) is 0 Å². The maximum Gasteiger partial charge on any atom is 0.137 e. The van der Waals surface area contributed by atoms with Gasteiger partial charge < -0.3 is 9.64 Å². The molecule has 1 heterocycles. The highest BCUT2D eigenvalue weighted by atomic mass is 16.5. The number of rotatable bonds is 6. The third kappa shape index (κ3) is 5.34. The molecular weight excluding hydrogens is 607 g/mol. The van der Waals surface area contributed by atoms with Crippen molar-refractivity contribution in [2.75, 3.05) is 4.90 Å². The van der Waals surface area contributed by atoms with Crippen molar-refractivity contribution in [3.8, 4) is 67.1 Å². The SMILES string of the molecule is c1ccc(-c2ccc(N(c3ccccc3-c3ccccc3)c3cccc4c3-c3ccccc3-c3cc(-c5ccccc5)ccc3O4)cc2)cc1. The van der Waals surface area contributed by atoms with Gasteiger partial charge in [0.1, 0.15) is 11.5 Å². The van der Waals surface area contributed by atoms with Crippen LogP contribution in [-0.4, -0.2) is 0 Å². The number of fused-ring (bicyclic) bond motifs is 5. The minimum Gasteiger partial charge on any atom is -0.456 e. The first-order chi connectivity index (χ1) is 24.8. The Kier molecular flexibility index (Phi) is 7.53. The van der Waals surface area contributed by atoms with Crippen LogP contribution < -0.4 is 9.64 Å². The first-order valence-corrected chi connectivity index (χ1v) is 17.0. The number of benzene rings is 8. The van der Waals surface area contributed by atoms with Crippen molar-refractivity contribution in [2.45, 2.75) is 0 Å². The van der Waals surface area contributed by atoms with Gasteiger partial charge in [0.15, 0.2) is 0 Å². The third-order valence-corrected chi connectivity index (χ3v) is 9.50. The summed E-state index contributed by atoms with van der Waals surface area (Å²) in [6.07, 6.45) is 0. The van der Waals surface area contributed by atoms with Gasteiger partial charge in [0.05, 0.1) is 11.4 Å². The normalized spacial score (nSPS) is 11.4. The second kappa shape index (κ2) is 12.8. The van der Waals surface area contributed by atoms with Gasteiger partial charge in [-0.15, -0.1) is 0 Å². The Labute approximate surface area is 293 Å². The molecule has 8 aromatic rings. The summed E-state index contributed by atoms with van der Waals surface area (Å²) in [5.41, 5.74) is 14.6. The van der Waals surface area contributed by atoms with Crippen LogP contribution in [0.25, 0.3) is 55.6 Å². The summed E-state index contributed by atoms with van der Waals surface area (Å²) in [6, 6.07) is 70.9. The molecule has 0 saturated carbocycles. The first kappa shape index (κ1) is 29.5. The van der Waals surface area contributed by atoms with E-state index in [4.69, 9.17) is 4.74 Å². The number of hydrogen-bond acceptors (Lipinski definition) is 2. The highest BCUT2D eigenvalue weighted by molar-refractivity contribution is 6.01. The van der Waals surface area contributed by atoms with E-state index in [2.05, 4.69) is 205 Å². The monoisotopic (exact) mass is 639 g/mol. The smallest absolute Gasteiger partial charge is 0.137 e. The maximum atomic E-state index is 6.90. The van der Waals surface area contributed by atoms with Crippen LogP contribution in [0.3, 0.4) is 0 Å².